The second-order valence-corrected chi connectivity index (χ2v) is 7.95. The number of hydrogen-bond donors (Lipinski definition) is 1. The normalized spacial score (nSPS) is 23.0. The van der Waals surface area contributed by atoms with Crippen molar-refractivity contribution >= 4 is 34.8 Å². The van der Waals surface area contributed by atoms with Gasteiger partial charge in [-0.2, -0.15) is 4.98 Å². The number of allylic oxidation sites excluding steroid dienone is 2. The number of nitrogens with zero attached hydrogens (tertiary/aromatic N) is 3. The zero-order valence-corrected chi connectivity index (χ0v) is 14.7. The minimum absolute atomic E-state index is 0.0796. The van der Waals surface area contributed by atoms with Crippen molar-refractivity contribution in [1.82, 2.24) is 14.8 Å². The van der Waals surface area contributed by atoms with Gasteiger partial charge < -0.3 is 5.32 Å². The average molecular weight is 346 g/mol. The Labute approximate surface area is 143 Å². The molecule has 0 amide bonds. The average Bonchev–Trinajstić information content (AvgIpc) is 3.11. The van der Waals surface area contributed by atoms with E-state index in [1.165, 1.54) is 10.4 Å². The van der Waals surface area contributed by atoms with Gasteiger partial charge in [-0.15, -0.1) is 16.4 Å². The Morgan fingerprint density at radius 1 is 1.52 bits per heavy atom. The Morgan fingerprint density at radius 3 is 3.13 bits per heavy atom. The predicted octanol–water partition coefficient (Wildman–Crippen LogP) is 3.64. The number of ketones is 1. The van der Waals surface area contributed by atoms with E-state index >= 15 is 0 Å². The van der Waals surface area contributed by atoms with Crippen LogP contribution in [-0.2, 0) is 4.79 Å². The van der Waals surface area contributed by atoms with Crippen LogP contribution in [0.15, 0.2) is 28.4 Å². The molecule has 0 saturated heterocycles. The topological polar surface area (TPSA) is 59.8 Å². The Hall–Kier alpha value is -1.60. The van der Waals surface area contributed by atoms with Gasteiger partial charge in [0.05, 0.1) is 5.92 Å². The van der Waals surface area contributed by atoms with Gasteiger partial charge >= 0.3 is 0 Å². The van der Waals surface area contributed by atoms with E-state index in [9.17, 15) is 4.79 Å². The van der Waals surface area contributed by atoms with Crippen molar-refractivity contribution in [3.63, 3.8) is 0 Å². The van der Waals surface area contributed by atoms with Crippen LogP contribution >= 0.6 is 23.1 Å². The van der Waals surface area contributed by atoms with Gasteiger partial charge in [-0.25, -0.2) is 4.68 Å². The fourth-order valence-corrected chi connectivity index (χ4v) is 4.90. The van der Waals surface area contributed by atoms with Gasteiger partial charge in [-0.05, 0) is 36.1 Å². The number of aryl methyl sites for hydroxylation is 1. The molecule has 2 aromatic heterocycles. The van der Waals surface area contributed by atoms with Crippen LogP contribution in [0.5, 0.6) is 0 Å². The highest BCUT2D eigenvalue weighted by Crippen LogP contribution is 2.44. The lowest BCUT2D eigenvalue weighted by Crippen LogP contribution is -2.38. The quantitative estimate of drug-likeness (QED) is 0.860. The predicted molar refractivity (Wildman–Crippen MR) is 93.1 cm³/mol. The highest BCUT2D eigenvalue weighted by atomic mass is 32.2. The molecule has 2 unspecified atom stereocenters. The maximum absolute atomic E-state index is 12.6. The summed E-state index contributed by atoms with van der Waals surface area (Å²) in [6.07, 6.45) is 3.56. The lowest BCUT2D eigenvalue weighted by molar-refractivity contribution is -0.123. The molecular weight excluding hydrogens is 328 g/mol. The summed E-state index contributed by atoms with van der Waals surface area (Å²) in [6.45, 7) is 4.19. The van der Waals surface area contributed by atoms with E-state index in [4.69, 9.17) is 0 Å². The molecule has 7 heteroatoms. The van der Waals surface area contributed by atoms with E-state index in [2.05, 4.69) is 46.8 Å². The fourth-order valence-electron chi connectivity index (χ4n) is 3.29. The van der Waals surface area contributed by atoms with Crippen LogP contribution in [0.25, 0.3) is 0 Å². The lowest BCUT2D eigenvalue weighted by atomic mass is 9.82. The molecule has 0 radical (unpaired) electrons. The largest absolute Gasteiger partial charge is 0.328 e. The maximum atomic E-state index is 12.6. The molecule has 1 aliphatic heterocycles. The number of hydrogen-bond acceptors (Lipinski definition) is 6. The highest BCUT2D eigenvalue weighted by molar-refractivity contribution is 7.99. The monoisotopic (exact) mass is 346 g/mol. The fraction of sp³-hybridized carbons (Fsp3) is 0.438. The third kappa shape index (κ3) is 2.42. The summed E-state index contributed by atoms with van der Waals surface area (Å²) in [5.74, 6) is 1.79. The smallest absolute Gasteiger partial charge is 0.227 e. The number of carbonyl (C=O) groups excluding carboxylic acids is 1. The van der Waals surface area contributed by atoms with Crippen molar-refractivity contribution in [3.8, 4) is 0 Å². The molecule has 1 aliphatic carbocycles. The number of fused-ring (bicyclic) bond motifs is 2. The first-order chi connectivity index (χ1) is 11.2. The van der Waals surface area contributed by atoms with Crippen LogP contribution in [0, 0.1) is 12.8 Å². The van der Waals surface area contributed by atoms with Crippen LogP contribution in [0.4, 0.5) is 5.95 Å². The zero-order chi connectivity index (χ0) is 16.0. The molecule has 3 heterocycles. The van der Waals surface area contributed by atoms with E-state index in [0.717, 1.165) is 29.0 Å². The number of carbonyl (C=O) groups is 1. The summed E-state index contributed by atoms with van der Waals surface area (Å²) in [5, 5.41) is 10.9. The van der Waals surface area contributed by atoms with E-state index in [1.54, 1.807) is 23.1 Å². The van der Waals surface area contributed by atoms with Crippen LogP contribution in [0.1, 0.15) is 36.2 Å². The highest BCUT2D eigenvalue weighted by Gasteiger charge is 2.42. The van der Waals surface area contributed by atoms with Gasteiger partial charge in [0.2, 0.25) is 11.1 Å². The zero-order valence-electron chi connectivity index (χ0n) is 13.1. The Bertz CT molecular complexity index is 792. The number of thiophene rings is 1. The summed E-state index contributed by atoms with van der Waals surface area (Å²) in [4.78, 5) is 18.5. The molecule has 2 aliphatic rings. The molecule has 4 rings (SSSR count). The minimum Gasteiger partial charge on any atom is -0.328 e. The molecule has 5 nitrogen and oxygen atoms in total. The third-order valence-electron chi connectivity index (χ3n) is 4.33. The first-order valence-electron chi connectivity index (χ1n) is 7.82. The number of Topliss-reactive ketones (excluding diaryl/α,β-unsaturated/α-hetero) is 1. The van der Waals surface area contributed by atoms with Gasteiger partial charge in [0, 0.05) is 17.0 Å². The molecule has 2 atom stereocenters. The molecule has 0 fully saturated rings. The SMILES string of the molecule is CCSc1nc2n(n1)C(c1sccc1C)C1C(=O)CCC=C1N2. The molecule has 0 saturated carbocycles. The van der Waals surface area contributed by atoms with Crippen molar-refractivity contribution in [1.29, 1.82) is 0 Å². The van der Waals surface area contributed by atoms with Gasteiger partial charge in [0.15, 0.2) is 0 Å². The number of nitrogens with one attached hydrogen (secondary N) is 1. The van der Waals surface area contributed by atoms with Gasteiger partial charge in [0.25, 0.3) is 0 Å². The molecule has 120 valence electrons. The molecular formula is C16H18N4OS2. The van der Waals surface area contributed by atoms with E-state index in [-0.39, 0.29) is 12.0 Å². The van der Waals surface area contributed by atoms with Crippen molar-refractivity contribution in [2.45, 2.75) is 37.9 Å². The van der Waals surface area contributed by atoms with Crippen LogP contribution in [0.3, 0.4) is 0 Å². The van der Waals surface area contributed by atoms with Crippen molar-refractivity contribution in [2.75, 3.05) is 11.1 Å². The van der Waals surface area contributed by atoms with Gasteiger partial charge in [-0.1, -0.05) is 24.8 Å². The molecule has 2 aromatic rings. The standard InChI is InChI=1S/C16H18N4OS2/c1-3-22-16-18-15-17-10-5-4-6-11(21)12(10)13(20(15)19-16)14-9(2)7-8-23-14/h5,7-8,12-13H,3-4,6H2,1-2H3,(H,17,18,19). The number of anilines is 1. The van der Waals surface area contributed by atoms with E-state index < -0.39 is 0 Å². The number of thioether (sulfide) groups is 1. The van der Waals surface area contributed by atoms with Crippen LogP contribution in [-0.4, -0.2) is 26.3 Å². The van der Waals surface area contributed by atoms with Crippen LogP contribution in [0.2, 0.25) is 0 Å². The van der Waals surface area contributed by atoms with Crippen molar-refractivity contribution in [2.24, 2.45) is 5.92 Å². The van der Waals surface area contributed by atoms with Crippen molar-refractivity contribution < 1.29 is 4.79 Å². The maximum Gasteiger partial charge on any atom is 0.227 e. The Kier molecular flexibility index (Phi) is 3.77. The van der Waals surface area contributed by atoms with E-state index in [0.29, 0.717) is 12.2 Å². The summed E-state index contributed by atoms with van der Waals surface area (Å²) >= 11 is 3.32. The Morgan fingerprint density at radius 2 is 2.39 bits per heavy atom. The summed E-state index contributed by atoms with van der Waals surface area (Å²) in [5.41, 5.74) is 2.21. The first-order valence-corrected chi connectivity index (χ1v) is 9.68. The van der Waals surface area contributed by atoms with Gasteiger partial charge in [-0.3, -0.25) is 4.79 Å². The van der Waals surface area contributed by atoms with E-state index in [1.807, 2.05) is 4.68 Å². The van der Waals surface area contributed by atoms with Crippen LogP contribution < -0.4 is 5.32 Å². The molecule has 0 spiro atoms. The molecule has 0 bridgehead atoms. The second-order valence-electron chi connectivity index (χ2n) is 5.78. The van der Waals surface area contributed by atoms with Crippen molar-refractivity contribution in [3.05, 3.63) is 33.7 Å². The molecule has 23 heavy (non-hydrogen) atoms. The first kappa shape index (κ1) is 15.0. The van der Waals surface area contributed by atoms with Gasteiger partial charge in [0.1, 0.15) is 11.8 Å². The third-order valence-corrected chi connectivity index (χ3v) is 6.14. The molecule has 0 aromatic carbocycles. The number of rotatable bonds is 3. The lowest BCUT2D eigenvalue weighted by Gasteiger charge is -2.35. The summed E-state index contributed by atoms with van der Waals surface area (Å²) in [6, 6.07) is 2.03. The number of aromatic nitrogens is 3. The minimum atomic E-state index is -0.172. The summed E-state index contributed by atoms with van der Waals surface area (Å²) < 4.78 is 1.92. The molecule has 1 N–H and O–H groups in total. The summed E-state index contributed by atoms with van der Waals surface area (Å²) in [7, 11) is 0. The second kappa shape index (κ2) is 5.79. The Balaban J connectivity index is 1.88.